The Kier molecular flexibility index (Phi) is 5.11. The van der Waals surface area contributed by atoms with Gasteiger partial charge in [0.15, 0.2) is 0 Å². The van der Waals surface area contributed by atoms with E-state index in [0.717, 1.165) is 26.4 Å². The van der Waals surface area contributed by atoms with Crippen molar-refractivity contribution in [2.45, 2.75) is 6.61 Å². The van der Waals surface area contributed by atoms with E-state index >= 15 is 0 Å². The molecule has 4 nitrogen and oxygen atoms in total. The summed E-state index contributed by atoms with van der Waals surface area (Å²) in [6.07, 6.45) is 0. The third-order valence-corrected chi connectivity index (χ3v) is 6.52. The summed E-state index contributed by atoms with van der Waals surface area (Å²) in [6, 6.07) is 15.4. The molecule has 27 heavy (non-hydrogen) atoms. The van der Waals surface area contributed by atoms with Crippen molar-refractivity contribution in [2.24, 2.45) is 0 Å². The van der Waals surface area contributed by atoms with Crippen molar-refractivity contribution >= 4 is 50.3 Å². The van der Waals surface area contributed by atoms with Gasteiger partial charge >= 0.3 is 5.97 Å². The molecule has 2 aromatic heterocycles. The van der Waals surface area contributed by atoms with E-state index in [4.69, 9.17) is 21.1 Å². The third kappa shape index (κ3) is 3.69. The normalized spacial score (nSPS) is 10.9. The summed E-state index contributed by atoms with van der Waals surface area (Å²) >= 11 is 9.18. The van der Waals surface area contributed by atoms with Crippen molar-refractivity contribution in [2.75, 3.05) is 7.11 Å². The fourth-order valence-electron chi connectivity index (χ4n) is 2.60. The van der Waals surface area contributed by atoms with Crippen molar-refractivity contribution in [3.8, 4) is 16.3 Å². The van der Waals surface area contributed by atoms with Gasteiger partial charge in [-0.1, -0.05) is 41.9 Å². The van der Waals surface area contributed by atoms with Crippen LogP contribution in [0.25, 0.3) is 20.7 Å². The van der Waals surface area contributed by atoms with E-state index in [1.54, 1.807) is 7.11 Å². The molecule has 2 heterocycles. The van der Waals surface area contributed by atoms with Gasteiger partial charge in [-0.25, -0.2) is 9.78 Å². The van der Waals surface area contributed by atoms with E-state index in [1.165, 1.54) is 22.7 Å². The van der Waals surface area contributed by atoms with E-state index in [0.29, 0.717) is 15.6 Å². The number of esters is 1. The number of carbonyl (C=O) groups excluding carboxylic acids is 1. The van der Waals surface area contributed by atoms with Gasteiger partial charge < -0.3 is 9.47 Å². The number of carbonyl (C=O) groups is 1. The number of halogens is 1. The Labute approximate surface area is 169 Å². The maximum atomic E-state index is 12.5. The van der Waals surface area contributed by atoms with Gasteiger partial charge in [-0.15, -0.1) is 22.7 Å². The fourth-order valence-corrected chi connectivity index (χ4v) is 4.84. The van der Waals surface area contributed by atoms with Crippen LogP contribution in [0.5, 0.6) is 5.75 Å². The van der Waals surface area contributed by atoms with Crippen LogP contribution in [-0.2, 0) is 11.3 Å². The Balaban J connectivity index is 1.49. The molecule has 0 bridgehead atoms. The third-order valence-electron chi connectivity index (χ3n) is 3.95. The van der Waals surface area contributed by atoms with Crippen molar-refractivity contribution in [1.82, 2.24) is 4.98 Å². The molecule has 4 rings (SSSR count). The summed E-state index contributed by atoms with van der Waals surface area (Å²) in [5.41, 5.74) is 1.76. The monoisotopic (exact) mass is 415 g/mol. The van der Waals surface area contributed by atoms with Gasteiger partial charge in [0.25, 0.3) is 0 Å². The van der Waals surface area contributed by atoms with Crippen LogP contribution >= 0.6 is 34.3 Å². The van der Waals surface area contributed by atoms with Crippen LogP contribution in [-0.4, -0.2) is 18.1 Å². The first-order valence-corrected chi connectivity index (χ1v) is 10.2. The van der Waals surface area contributed by atoms with Crippen LogP contribution in [0.2, 0.25) is 5.02 Å². The number of aromatic nitrogens is 1. The molecule has 0 aliphatic rings. The summed E-state index contributed by atoms with van der Waals surface area (Å²) in [4.78, 5) is 17.4. The number of thiophene rings is 1. The highest BCUT2D eigenvalue weighted by atomic mass is 35.5. The van der Waals surface area contributed by atoms with Gasteiger partial charge in [0, 0.05) is 21.0 Å². The summed E-state index contributed by atoms with van der Waals surface area (Å²) in [5.74, 6) is 0.269. The maximum Gasteiger partial charge on any atom is 0.350 e. The molecule has 0 saturated carbocycles. The predicted octanol–water partition coefficient (Wildman–Crippen LogP) is 6.04. The van der Waals surface area contributed by atoms with Crippen LogP contribution in [0.3, 0.4) is 0 Å². The SMILES string of the molecule is COc1ccc2c(Cl)c(C(=O)OCc3csc(-c4ccccc4)n3)sc2c1. The Morgan fingerprint density at radius 3 is 2.78 bits per heavy atom. The van der Waals surface area contributed by atoms with E-state index in [-0.39, 0.29) is 6.61 Å². The molecule has 0 saturated heterocycles. The summed E-state index contributed by atoms with van der Waals surface area (Å²) in [7, 11) is 1.60. The molecule has 2 aromatic carbocycles. The predicted molar refractivity (Wildman–Crippen MR) is 110 cm³/mol. The number of benzene rings is 2. The van der Waals surface area contributed by atoms with Gasteiger partial charge in [-0.05, 0) is 18.2 Å². The summed E-state index contributed by atoms with van der Waals surface area (Å²) < 4.78 is 11.5. The molecule has 0 unspecified atom stereocenters. The second kappa shape index (κ2) is 7.68. The Hall–Kier alpha value is -2.41. The number of hydrogen-bond donors (Lipinski definition) is 0. The first-order valence-electron chi connectivity index (χ1n) is 8.08. The molecule has 0 aliphatic carbocycles. The molecular formula is C20H14ClNO3S2. The summed E-state index contributed by atoms with van der Waals surface area (Å²) in [6.45, 7) is 0.107. The van der Waals surface area contributed by atoms with Crippen LogP contribution in [0, 0.1) is 0 Å². The Morgan fingerprint density at radius 1 is 1.19 bits per heavy atom. The number of rotatable bonds is 5. The maximum absolute atomic E-state index is 12.5. The lowest BCUT2D eigenvalue weighted by Crippen LogP contribution is -2.04. The molecule has 0 fully saturated rings. The lowest BCUT2D eigenvalue weighted by atomic mass is 10.2. The van der Waals surface area contributed by atoms with Crippen molar-refractivity contribution in [3.05, 3.63) is 69.5 Å². The highest BCUT2D eigenvalue weighted by Crippen LogP contribution is 2.37. The first-order chi connectivity index (χ1) is 13.2. The minimum absolute atomic E-state index is 0.107. The minimum atomic E-state index is -0.450. The van der Waals surface area contributed by atoms with Crippen LogP contribution in [0.1, 0.15) is 15.4 Å². The van der Waals surface area contributed by atoms with Gasteiger partial charge in [0.05, 0.1) is 17.8 Å². The molecule has 136 valence electrons. The lowest BCUT2D eigenvalue weighted by molar-refractivity contribution is 0.0474. The number of hydrogen-bond acceptors (Lipinski definition) is 6. The quantitative estimate of drug-likeness (QED) is 0.372. The lowest BCUT2D eigenvalue weighted by Gasteiger charge is -2.01. The van der Waals surface area contributed by atoms with Gasteiger partial charge in [-0.3, -0.25) is 0 Å². The van der Waals surface area contributed by atoms with E-state index in [1.807, 2.05) is 53.9 Å². The van der Waals surface area contributed by atoms with Gasteiger partial charge in [0.1, 0.15) is 22.2 Å². The minimum Gasteiger partial charge on any atom is -0.497 e. The second-order valence-corrected chi connectivity index (χ2v) is 7.98. The molecule has 0 amide bonds. The highest BCUT2D eigenvalue weighted by Gasteiger charge is 2.19. The first kappa shape index (κ1) is 18.0. The average molecular weight is 416 g/mol. The second-order valence-electron chi connectivity index (χ2n) is 5.69. The summed E-state index contributed by atoms with van der Waals surface area (Å²) in [5, 5.41) is 4.02. The molecule has 0 aliphatic heterocycles. The highest BCUT2D eigenvalue weighted by molar-refractivity contribution is 7.21. The van der Waals surface area contributed by atoms with Gasteiger partial charge in [0.2, 0.25) is 0 Å². The van der Waals surface area contributed by atoms with Crippen LogP contribution in [0.15, 0.2) is 53.9 Å². The number of thiazole rings is 1. The molecule has 4 aromatic rings. The number of methoxy groups -OCH3 is 1. The molecule has 7 heteroatoms. The van der Waals surface area contributed by atoms with Crippen molar-refractivity contribution < 1.29 is 14.3 Å². The smallest absolute Gasteiger partial charge is 0.350 e. The van der Waals surface area contributed by atoms with Gasteiger partial charge in [-0.2, -0.15) is 0 Å². The van der Waals surface area contributed by atoms with Crippen molar-refractivity contribution in [3.63, 3.8) is 0 Å². The number of fused-ring (bicyclic) bond motifs is 1. The average Bonchev–Trinajstić information content (AvgIpc) is 3.31. The molecular weight excluding hydrogens is 402 g/mol. The van der Waals surface area contributed by atoms with E-state index in [2.05, 4.69) is 4.98 Å². The topological polar surface area (TPSA) is 48.4 Å². The molecule has 0 N–H and O–H groups in total. The molecule has 0 radical (unpaired) electrons. The Morgan fingerprint density at radius 2 is 2.00 bits per heavy atom. The number of nitrogens with zero attached hydrogens (tertiary/aromatic N) is 1. The number of ether oxygens (including phenoxy) is 2. The largest absolute Gasteiger partial charge is 0.497 e. The fraction of sp³-hybridized carbons (Fsp3) is 0.100. The molecule has 0 spiro atoms. The van der Waals surface area contributed by atoms with E-state index in [9.17, 15) is 4.79 Å². The zero-order valence-corrected chi connectivity index (χ0v) is 16.7. The standard InChI is InChI=1S/C20H14ClNO3S2/c1-24-14-7-8-15-16(9-14)27-18(17(15)21)20(23)25-10-13-11-26-19(22-13)12-5-3-2-4-6-12/h2-9,11H,10H2,1H3. The zero-order chi connectivity index (χ0) is 18.8. The Bertz CT molecular complexity index is 1110. The molecule has 0 atom stereocenters. The zero-order valence-electron chi connectivity index (χ0n) is 14.3. The van der Waals surface area contributed by atoms with Crippen LogP contribution < -0.4 is 4.74 Å². The van der Waals surface area contributed by atoms with E-state index < -0.39 is 5.97 Å². The van der Waals surface area contributed by atoms with Crippen molar-refractivity contribution in [1.29, 1.82) is 0 Å². The van der Waals surface area contributed by atoms with Crippen LogP contribution in [0.4, 0.5) is 0 Å².